The molecule has 0 aromatic heterocycles. The first-order chi connectivity index (χ1) is 16.0. The third-order valence-electron chi connectivity index (χ3n) is 5.39. The molecule has 6 heteroatoms. The van der Waals surface area contributed by atoms with Crippen LogP contribution in [0.4, 0.5) is 11.4 Å². The van der Waals surface area contributed by atoms with E-state index in [2.05, 4.69) is 17.6 Å². The molecule has 6 nitrogen and oxygen atoms in total. The minimum absolute atomic E-state index is 0.0374. The van der Waals surface area contributed by atoms with Crippen LogP contribution in [-0.2, 0) is 11.2 Å². The topological polar surface area (TPSA) is 76.7 Å². The van der Waals surface area contributed by atoms with Gasteiger partial charge in [-0.15, -0.1) is 0 Å². The molecule has 0 aliphatic rings. The van der Waals surface area contributed by atoms with Gasteiger partial charge in [0.2, 0.25) is 5.91 Å². The fourth-order valence-corrected chi connectivity index (χ4v) is 3.53. The van der Waals surface area contributed by atoms with Crippen LogP contribution < -0.4 is 20.1 Å². The number of carbonyl (C=O) groups is 2. The van der Waals surface area contributed by atoms with Crippen molar-refractivity contribution >= 4 is 23.2 Å². The Balaban J connectivity index is 1.46. The van der Waals surface area contributed by atoms with Gasteiger partial charge in [0.15, 0.2) is 0 Å². The molecule has 0 saturated carbocycles. The predicted molar refractivity (Wildman–Crippen MR) is 131 cm³/mol. The van der Waals surface area contributed by atoms with E-state index in [0.29, 0.717) is 29.3 Å². The van der Waals surface area contributed by atoms with Crippen LogP contribution in [0.3, 0.4) is 0 Å². The summed E-state index contributed by atoms with van der Waals surface area (Å²) in [5.41, 5.74) is 3.06. The van der Waals surface area contributed by atoms with E-state index in [4.69, 9.17) is 9.47 Å². The Labute approximate surface area is 194 Å². The molecule has 3 rings (SSSR count). The second-order valence-electron chi connectivity index (χ2n) is 7.97. The molecule has 0 saturated heterocycles. The first-order valence-corrected chi connectivity index (χ1v) is 11.0. The largest absolute Gasteiger partial charge is 0.497 e. The van der Waals surface area contributed by atoms with E-state index in [1.54, 1.807) is 50.6 Å². The van der Waals surface area contributed by atoms with Crippen molar-refractivity contribution in [1.29, 1.82) is 0 Å². The molecule has 0 aliphatic carbocycles. The first kappa shape index (κ1) is 23.9. The average Bonchev–Trinajstić information content (AvgIpc) is 2.84. The molecular weight excluding hydrogens is 416 g/mol. The van der Waals surface area contributed by atoms with E-state index in [9.17, 15) is 9.59 Å². The van der Waals surface area contributed by atoms with Crippen LogP contribution in [0.2, 0.25) is 0 Å². The van der Waals surface area contributed by atoms with E-state index in [0.717, 1.165) is 29.9 Å². The van der Waals surface area contributed by atoms with Crippen molar-refractivity contribution < 1.29 is 19.1 Å². The minimum Gasteiger partial charge on any atom is -0.497 e. The summed E-state index contributed by atoms with van der Waals surface area (Å²) in [5, 5.41) is 5.77. The number of methoxy groups -OCH3 is 2. The molecule has 1 unspecified atom stereocenters. The fourth-order valence-electron chi connectivity index (χ4n) is 3.53. The lowest BCUT2D eigenvalue weighted by atomic mass is 9.95. The Morgan fingerprint density at radius 2 is 1.52 bits per heavy atom. The van der Waals surface area contributed by atoms with Gasteiger partial charge in [0.25, 0.3) is 5.91 Å². The molecule has 33 heavy (non-hydrogen) atoms. The number of hydrogen-bond donors (Lipinski definition) is 2. The second-order valence-corrected chi connectivity index (χ2v) is 7.97. The Morgan fingerprint density at radius 1 is 0.848 bits per heavy atom. The zero-order valence-corrected chi connectivity index (χ0v) is 19.3. The summed E-state index contributed by atoms with van der Waals surface area (Å²) in [6.45, 7) is 2.13. The number of carbonyl (C=O) groups excluding carboxylic acids is 2. The number of nitrogens with one attached hydrogen (secondary N) is 2. The lowest BCUT2D eigenvalue weighted by Crippen LogP contribution is -2.14. The maximum Gasteiger partial charge on any atom is 0.255 e. The van der Waals surface area contributed by atoms with Crippen molar-refractivity contribution in [3.05, 3.63) is 83.9 Å². The predicted octanol–water partition coefficient (Wildman–Crippen LogP) is 5.55. The van der Waals surface area contributed by atoms with Crippen molar-refractivity contribution in [2.24, 2.45) is 5.92 Å². The summed E-state index contributed by atoms with van der Waals surface area (Å²) in [6.07, 6.45) is 1.99. The summed E-state index contributed by atoms with van der Waals surface area (Å²) in [6, 6.07) is 21.9. The van der Waals surface area contributed by atoms with Crippen LogP contribution in [0, 0.1) is 5.92 Å². The molecule has 3 aromatic carbocycles. The zero-order chi connectivity index (χ0) is 23.6. The molecule has 3 aromatic rings. The highest BCUT2D eigenvalue weighted by molar-refractivity contribution is 6.04. The van der Waals surface area contributed by atoms with Gasteiger partial charge < -0.3 is 20.1 Å². The molecule has 0 radical (unpaired) electrons. The Bertz CT molecular complexity index is 1070. The SMILES string of the molecule is COc1ccc(CC(C)CCC(=O)Nc2ccc(NC(=O)c3ccccc3)cc2)c(OC)c1. The number of amides is 2. The molecule has 1 atom stereocenters. The minimum atomic E-state index is -0.171. The standard InChI is InChI=1S/C27H30N2O4/c1-19(17-21-10-15-24(32-2)18-25(21)33-3)9-16-26(30)28-22-11-13-23(14-12-22)29-27(31)20-7-5-4-6-8-20/h4-8,10-15,18-19H,9,16-17H2,1-3H3,(H,28,30)(H,29,31). The summed E-state index contributed by atoms with van der Waals surface area (Å²) in [4.78, 5) is 24.6. The van der Waals surface area contributed by atoms with Crippen LogP contribution >= 0.6 is 0 Å². The summed E-state index contributed by atoms with van der Waals surface area (Å²) < 4.78 is 10.7. The maximum atomic E-state index is 12.4. The van der Waals surface area contributed by atoms with E-state index in [1.165, 1.54) is 0 Å². The quantitative estimate of drug-likeness (QED) is 0.428. The third kappa shape index (κ3) is 7.10. The monoisotopic (exact) mass is 446 g/mol. The third-order valence-corrected chi connectivity index (χ3v) is 5.39. The van der Waals surface area contributed by atoms with Crippen molar-refractivity contribution in [3.8, 4) is 11.5 Å². The Hall–Kier alpha value is -3.80. The van der Waals surface area contributed by atoms with Crippen LogP contribution in [0.1, 0.15) is 35.7 Å². The molecule has 0 aliphatic heterocycles. The number of ether oxygens (including phenoxy) is 2. The lowest BCUT2D eigenvalue weighted by molar-refractivity contribution is -0.116. The van der Waals surface area contributed by atoms with Gasteiger partial charge in [-0.2, -0.15) is 0 Å². The van der Waals surface area contributed by atoms with Gasteiger partial charge in [-0.3, -0.25) is 9.59 Å². The molecule has 0 heterocycles. The summed E-state index contributed by atoms with van der Waals surface area (Å²) in [5.74, 6) is 1.66. The van der Waals surface area contributed by atoms with Crippen LogP contribution in [0.25, 0.3) is 0 Å². The molecule has 172 valence electrons. The highest BCUT2D eigenvalue weighted by Gasteiger charge is 2.12. The summed E-state index contributed by atoms with van der Waals surface area (Å²) >= 11 is 0. The van der Waals surface area contributed by atoms with E-state index in [-0.39, 0.29) is 11.8 Å². The van der Waals surface area contributed by atoms with Gasteiger partial charge in [0.05, 0.1) is 14.2 Å². The van der Waals surface area contributed by atoms with Gasteiger partial charge in [0.1, 0.15) is 11.5 Å². The molecule has 0 fully saturated rings. The first-order valence-electron chi connectivity index (χ1n) is 11.0. The molecule has 0 spiro atoms. The summed E-state index contributed by atoms with van der Waals surface area (Å²) in [7, 11) is 3.28. The molecule has 2 amide bonds. The fraction of sp³-hybridized carbons (Fsp3) is 0.259. The Morgan fingerprint density at radius 3 is 2.15 bits per heavy atom. The van der Waals surface area contributed by atoms with E-state index in [1.807, 2.05) is 36.4 Å². The van der Waals surface area contributed by atoms with Crippen LogP contribution in [0.5, 0.6) is 11.5 Å². The maximum absolute atomic E-state index is 12.4. The highest BCUT2D eigenvalue weighted by atomic mass is 16.5. The molecule has 0 bridgehead atoms. The van der Waals surface area contributed by atoms with Crippen molar-refractivity contribution in [1.82, 2.24) is 0 Å². The normalized spacial score (nSPS) is 11.4. The number of hydrogen-bond acceptors (Lipinski definition) is 4. The number of rotatable bonds is 10. The van der Waals surface area contributed by atoms with Gasteiger partial charge in [-0.25, -0.2) is 0 Å². The number of anilines is 2. The van der Waals surface area contributed by atoms with Gasteiger partial charge in [0, 0.05) is 29.4 Å². The molecular formula is C27H30N2O4. The van der Waals surface area contributed by atoms with Gasteiger partial charge in [-0.05, 0) is 66.8 Å². The molecule has 2 N–H and O–H groups in total. The lowest BCUT2D eigenvalue weighted by Gasteiger charge is -2.15. The van der Waals surface area contributed by atoms with Crippen molar-refractivity contribution in [2.75, 3.05) is 24.9 Å². The van der Waals surface area contributed by atoms with Crippen molar-refractivity contribution in [2.45, 2.75) is 26.2 Å². The van der Waals surface area contributed by atoms with Gasteiger partial charge in [-0.1, -0.05) is 31.2 Å². The Kier molecular flexibility index (Phi) is 8.47. The van der Waals surface area contributed by atoms with Crippen LogP contribution in [0.15, 0.2) is 72.8 Å². The second kappa shape index (κ2) is 11.7. The van der Waals surface area contributed by atoms with Gasteiger partial charge >= 0.3 is 0 Å². The van der Waals surface area contributed by atoms with E-state index >= 15 is 0 Å². The van der Waals surface area contributed by atoms with Crippen LogP contribution in [-0.4, -0.2) is 26.0 Å². The number of benzene rings is 3. The zero-order valence-electron chi connectivity index (χ0n) is 19.3. The smallest absolute Gasteiger partial charge is 0.255 e. The van der Waals surface area contributed by atoms with E-state index < -0.39 is 0 Å². The van der Waals surface area contributed by atoms with Crippen molar-refractivity contribution in [3.63, 3.8) is 0 Å². The highest BCUT2D eigenvalue weighted by Crippen LogP contribution is 2.27. The average molecular weight is 447 g/mol.